The Morgan fingerprint density at radius 3 is 1.04 bits per heavy atom. The van der Waals surface area contributed by atoms with Crippen LogP contribution in [-0.4, -0.2) is 318 Å². The van der Waals surface area contributed by atoms with Gasteiger partial charge in [0.2, 0.25) is 53.3 Å². The van der Waals surface area contributed by atoms with Gasteiger partial charge in [-0.25, -0.2) is 53.5 Å². The molecule has 11 N–H and O–H groups in total. The number of rotatable bonds is 13. The third kappa shape index (κ3) is 21.5. The molecule has 0 aromatic carbocycles. The zero-order valence-corrected chi connectivity index (χ0v) is 75.9. The van der Waals surface area contributed by atoms with Gasteiger partial charge in [0.1, 0.15) is 49.0 Å². The first-order valence-corrected chi connectivity index (χ1v) is 43.2. The maximum absolute atomic E-state index is 14.7. The molecule has 129 heavy (non-hydrogen) atoms. The van der Waals surface area contributed by atoms with E-state index in [4.69, 9.17) is 43.7 Å². The number of aromatic nitrogens is 4. The number of nitrogens with zero attached hydrogens (tertiary/aromatic N) is 7. The van der Waals surface area contributed by atoms with Gasteiger partial charge in [0.25, 0.3) is 17.0 Å². The van der Waals surface area contributed by atoms with Crippen LogP contribution in [0.4, 0.5) is 43.9 Å². The number of hydrogen-bond acceptors (Lipinski definition) is 30. The number of halogens is 13. The highest BCUT2D eigenvalue weighted by molar-refractivity contribution is 14.1. The molecule has 5 amide bonds. The molecular weight excluding hydrogens is 2100 g/mol. The summed E-state index contributed by atoms with van der Waals surface area (Å²) >= 11 is 5.39. The standard InChI is InChI=1S/C12H14F2INO3.C11H12F2INO4.C11H14F2N2O4.C11H13FINO4.C11H12FNO4.C11H15NO6.C10H12F2N2O5/c1-7-11(2,13)10(19-12(7,14)6-15)16-4-3-8(17)5-9(16)18;1-10(12)8(18)11(13,5-14)19-9(10)15-3-2-6(16)4-7(15)17;1-6-10(2,12)8(19-11(6,13)5-16)15-4-3-7(17)14-9(15)18;1-11(12)9(17)7(5-13)18-10(11)14-3-2-6(15)4-8(14)16;1-6-9(16)11(2,12)10(17-6)13-4-3-7(14)5-8(13)15;1-11(17)9(16)7(5-13)18-10(11)12-3-2-6(14)4-8(12)15;1-9(11)6(17)10(12,4-15)19-7(9)14-3-2-5(16)13-8(14)18/h3-4,7,10H,5-6H2,1-2H3;2-3,8-9,18H,4-5H2,1H3;3-4,6,8,16H,5H2,1-2H3,(H,14,17,18);2-3,7,9-10,17H,4-5H2,1H3;3-4,9-10,16H,1,5H2,2H3;2-3,7,9-10,13,16-17H,4-5H2,1H3;2-3,6-7,15,17H,4H2,1H3,(H,13,16,18)/t7-,10+,11+,12+;8-,9+,10+,11+;6-,8+,10+,11+;7-,9-,10-,11-;9-,10-,11-;7-,9-,10-,11-;6-,7+,9+,10+/m0001110/s1. The van der Waals surface area contributed by atoms with Crippen molar-refractivity contribution in [3.8, 4) is 0 Å². The molecule has 2 aromatic rings. The van der Waals surface area contributed by atoms with Crippen molar-refractivity contribution < 1.29 is 171 Å². The number of carbonyl (C=O) groups is 10. The van der Waals surface area contributed by atoms with Crippen molar-refractivity contribution in [2.24, 2.45) is 11.8 Å². The minimum absolute atomic E-state index is 0.0351. The number of aliphatic hydroxyl groups excluding tert-OH is 8. The van der Waals surface area contributed by atoms with Crippen LogP contribution in [0.3, 0.4) is 0 Å². The summed E-state index contributed by atoms with van der Waals surface area (Å²) in [6.45, 7) is 11.0. The third-order valence-corrected chi connectivity index (χ3v) is 25.8. The molecule has 14 heterocycles. The first-order valence-electron chi connectivity index (χ1n) is 38.6. The molecule has 52 heteroatoms. The van der Waals surface area contributed by atoms with Crippen LogP contribution in [0, 0.1) is 11.8 Å². The summed E-state index contributed by atoms with van der Waals surface area (Å²) in [4.78, 5) is 167. The largest absolute Gasteiger partial charge is 0.469 e. The number of amides is 5. The number of nitrogens with one attached hydrogen (secondary N) is 2. The number of H-pyrrole nitrogens is 2. The number of hydrogen-bond donors (Lipinski definition) is 11. The van der Waals surface area contributed by atoms with Crippen molar-refractivity contribution in [3.05, 3.63) is 140 Å². The molecule has 27 atom stereocenters. The van der Waals surface area contributed by atoms with E-state index in [1.54, 1.807) is 45.2 Å². The second-order valence-corrected chi connectivity index (χ2v) is 34.9. The number of aliphatic hydroxyl groups is 9. The Labute approximate surface area is 764 Å². The summed E-state index contributed by atoms with van der Waals surface area (Å²) in [7, 11) is 0. The van der Waals surface area contributed by atoms with Crippen molar-refractivity contribution in [3.63, 3.8) is 0 Å². The molecule has 0 saturated carbocycles. The average Bonchev–Trinajstić information content (AvgIpc) is 1.62. The Morgan fingerprint density at radius 2 is 0.729 bits per heavy atom. The van der Waals surface area contributed by atoms with Crippen LogP contribution in [0.25, 0.3) is 0 Å². The van der Waals surface area contributed by atoms with Gasteiger partial charge in [-0.05, 0) is 78.8 Å². The molecule has 7 saturated heterocycles. The van der Waals surface area contributed by atoms with Crippen LogP contribution in [0.1, 0.15) is 107 Å². The number of ether oxygens (including phenoxy) is 7. The number of allylic oxidation sites excluding steroid dienone is 5. The van der Waals surface area contributed by atoms with Crippen molar-refractivity contribution in [2.75, 3.05) is 33.1 Å². The van der Waals surface area contributed by atoms with Gasteiger partial charge in [0.15, 0.2) is 113 Å². The Kier molecular flexibility index (Phi) is 33.2. The Balaban J connectivity index is 0.000000186. The van der Waals surface area contributed by atoms with Crippen LogP contribution in [0.5, 0.6) is 0 Å². The molecule has 12 aliphatic rings. The minimum atomic E-state index is -3.02. The van der Waals surface area contributed by atoms with Crippen LogP contribution < -0.4 is 22.5 Å². The number of alkyl halides is 13. The summed E-state index contributed by atoms with van der Waals surface area (Å²) in [6.07, 6.45) is -8.00. The molecule has 0 unspecified atom stereocenters. The fraction of sp³-hybridized carbons (Fsp3) is 0.610. The van der Waals surface area contributed by atoms with Crippen molar-refractivity contribution in [1.29, 1.82) is 0 Å². The van der Waals surface area contributed by atoms with Gasteiger partial charge < -0.3 is 79.1 Å². The quantitative estimate of drug-likeness (QED) is 0.0572. The monoisotopic (exact) mass is 2190 g/mol. The smallest absolute Gasteiger partial charge is 0.330 e. The fourth-order valence-corrected chi connectivity index (χ4v) is 16.7. The molecule has 0 radical (unpaired) electrons. The molecule has 2 aromatic heterocycles. The molecule has 0 bridgehead atoms. The van der Waals surface area contributed by atoms with Crippen LogP contribution in [-0.2, 0) is 81.1 Å². The third-order valence-electron chi connectivity index (χ3n) is 22.9. The first kappa shape index (κ1) is 107. The van der Waals surface area contributed by atoms with Crippen molar-refractivity contribution >= 4 is 126 Å². The van der Waals surface area contributed by atoms with E-state index < -0.39 is 245 Å². The predicted molar refractivity (Wildman–Crippen MR) is 441 cm³/mol. The van der Waals surface area contributed by atoms with Gasteiger partial charge in [-0.2, -0.15) is 0 Å². The lowest BCUT2D eigenvalue weighted by Crippen LogP contribution is -2.54. The van der Waals surface area contributed by atoms with E-state index >= 15 is 0 Å². The fourth-order valence-electron chi connectivity index (χ4n) is 14.6. The summed E-state index contributed by atoms with van der Waals surface area (Å²) < 4.78 is 180. The van der Waals surface area contributed by atoms with E-state index in [2.05, 4.69) is 11.3 Å². The van der Waals surface area contributed by atoms with Gasteiger partial charge >= 0.3 is 11.4 Å². The van der Waals surface area contributed by atoms with Gasteiger partial charge in [0.05, 0.1) is 65.5 Å². The average molecular weight is 2190 g/mol. The molecule has 12 aliphatic heterocycles. The van der Waals surface area contributed by atoms with Crippen molar-refractivity contribution in [1.82, 2.24) is 43.6 Å². The molecule has 39 nitrogen and oxygen atoms in total. The van der Waals surface area contributed by atoms with Crippen LogP contribution >= 0.6 is 67.8 Å². The van der Waals surface area contributed by atoms with Crippen molar-refractivity contribution in [2.45, 2.75) is 244 Å². The lowest BCUT2D eigenvalue weighted by atomic mass is 9.88. The summed E-state index contributed by atoms with van der Waals surface area (Å²) in [6, 6.07) is 1.92. The Hall–Kier alpha value is -7.81. The lowest BCUT2D eigenvalue weighted by Gasteiger charge is -2.34. The SMILES string of the molecule is C=C1O[C@@H](N2C=CC(=O)CC2=O)[C@](C)(F)[C@@H]1O.C[C@@]1(F)[C@H](O)[C@@H](CI)O[C@H]1N1C=CC(=O)CC1=O.C[C@@]1(O)[C@H](O)[C@@H](CO)O[C@H]1N1C=CC(=O)CC1=O.C[C@H]1[C@@](C)(F)[C@H](N2C=CC(=O)CC2=O)O[C@]1(F)CI.C[C@H]1[C@@](C)(F)[C@H](n2ccc(=O)[nH]c2=O)O[C@]1(F)CO.C[C@]1(F)[C@H](N2C=CC(=O)CC2=O)O[C@](F)(CI)[C@H]1O.C[C@]1(F)[C@H](n2ccc(=O)[nH]c2=O)O[C@](F)(CO)[C@H]1O. The zero-order chi connectivity index (χ0) is 97.5. The maximum atomic E-state index is 14.7. The molecule has 0 spiro atoms. The number of carbonyl (C=O) groups excluding carboxylic acids is 10. The van der Waals surface area contributed by atoms with E-state index in [1.165, 1.54) is 83.7 Å². The van der Waals surface area contributed by atoms with E-state index in [0.29, 0.717) is 8.99 Å². The topological polar surface area (TPSA) is 543 Å². The summed E-state index contributed by atoms with van der Waals surface area (Å²) in [5.41, 5.74) is -18.6. The van der Waals surface area contributed by atoms with Crippen LogP contribution in [0.15, 0.2) is 117 Å². The van der Waals surface area contributed by atoms with E-state index in [-0.39, 0.29) is 63.4 Å². The molecule has 0 aliphatic carbocycles. The first-order chi connectivity index (χ1) is 59.5. The second kappa shape index (κ2) is 40.2. The number of aromatic amines is 2. The molecule has 716 valence electrons. The number of ketones is 5. The summed E-state index contributed by atoms with van der Waals surface area (Å²) in [5, 5.41) is 85.4. The predicted octanol–water partition coefficient (Wildman–Crippen LogP) is 0.813. The highest BCUT2D eigenvalue weighted by atomic mass is 127. The second-order valence-electron chi connectivity index (χ2n) is 32.4. The minimum Gasteiger partial charge on any atom is -0.469 e. The van der Waals surface area contributed by atoms with Gasteiger partial charge in [-0.1, -0.05) is 88.2 Å². The van der Waals surface area contributed by atoms with Gasteiger partial charge in [0, 0.05) is 60.0 Å². The van der Waals surface area contributed by atoms with Gasteiger partial charge in [-0.3, -0.25) is 101 Å². The molecular formula is C77H92F10I3N9O30. The van der Waals surface area contributed by atoms with Crippen LogP contribution in [0.2, 0.25) is 0 Å². The van der Waals surface area contributed by atoms with E-state index in [1.807, 2.05) is 32.6 Å². The maximum Gasteiger partial charge on any atom is 0.330 e. The normalized spacial score (nSPS) is 40.4. The van der Waals surface area contributed by atoms with E-state index in [9.17, 15) is 142 Å². The van der Waals surface area contributed by atoms with Gasteiger partial charge in [-0.15, -0.1) is 0 Å². The molecule has 7 fully saturated rings. The van der Waals surface area contributed by atoms with E-state index in [0.717, 1.165) is 93.6 Å². The lowest BCUT2D eigenvalue weighted by molar-refractivity contribution is -0.207. The zero-order valence-electron chi connectivity index (χ0n) is 69.4. The Morgan fingerprint density at radius 1 is 0.411 bits per heavy atom. The highest BCUT2D eigenvalue weighted by Crippen LogP contribution is 2.53. The highest BCUT2D eigenvalue weighted by Gasteiger charge is 2.69. The Bertz CT molecular complexity index is 4790. The summed E-state index contributed by atoms with van der Waals surface area (Å²) in [5.74, 6) is -17.3. The molecule has 14 rings (SSSR count).